The second-order valence-electron chi connectivity index (χ2n) is 5.04. The zero-order valence-corrected chi connectivity index (χ0v) is 12.5. The molecule has 1 aromatic heterocycles. The average molecular weight is 306 g/mol. The van der Waals surface area contributed by atoms with E-state index < -0.39 is 0 Å². The van der Waals surface area contributed by atoms with E-state index in [0.29, 0.717) is 17.2 Å². The molecule has 0 atom stereocenters. The van der Waals surface area contributed by atoms with Crippen molar-refractivity contribution in [3.05, 3.63) is 78.2 Å². The number of aromatic nitrogens is 1. The Morgan fingerprint density at radius 2 is 1.52 bits per heavy atom. The second kappa shape index (κ2) is 6.40. The van der Waals surface area contributed by atoms with Gasteiger partial charge in [-0.3, -0.25) is 4.79 Å². The summed E-state index contributed by atoms with van der Waals surface area (Å²) >= 11 is 0. The Hall–Kier alpha value is -3.01. The van der Waals surface area contributed by atoms with Crippen LogP contribution in [0.25, 0.3) is 11.3 Å². The van der Waals surface area contributed by atoms with Crippen molar-refractivity contribution < 1.29 is 13.9 Å². The number of halogens is 1. The van der Waals surface area contributed by atoms with Gasteiger partial charge in [0.2, 0.25) is 0 Å². The van der Waals surface area contributed by atoms with E-state index in [1.165, 1.54) is 19.1 Å². The summed E-state index contributed by atoms with van der Waals surface area (Å²) < 4.78 is 18.5. The summed E-state index contributed by atoms with van der Waals surface area (Å²) in [7, 11) is 0. The quantitative estimate of drug-likeness (QED) is 0.645. The Balaban J connectivity index is 1.80. The van der Waals surface area contributed by atoms with Gasteiger partial charge in [0.25, 0.3) is 0 Å². The highest BCUT2D eigenvalue weighted by atomic mass is 18.2. The molecule has 1 heterocycles. The second-order valence-corrected chi connectivity index (χ2v) is 5.04. The molecule has 2 aromatic carbocycles. The molecule has 3 rings (SSSR count). The van der Waals surface area contributed by atoms with Gasteiger partial charge in [0.15, 0.2) is 5.78 Å². The fraction of sp³-hybridized carbons (Fsp3) is 0.0526. The average Bonchev–Trinajstić information content (AvgIpc) is 2.58. The summed E-state index contributed by atoms with van der Waals surface area (Å²) in [6.45, 7) is 1.49. The first kappa shape index (κ1) is 14.9. The maximum atomic E-state index is 12.9. The molecule has 0 aliphatic rings. The number of ether oxygens (including phenoxy) is 1. The molecule has 0 spiro atoms. The highest BCUT2D eigenvalue weighted by Crippen LogP contribution is 2.25. The summed E-state index contributed by atoms with van der Waals surface area (Å²) in [6.07, 6.45) is 0. The van der Waals surface area contributed by atoms with Gasteiger partial charge >= 0.3 is 0 Å². The van der Waals surface area contributed by atoms with E-state index in [0.717, 1.165) is 11.3 Å². The number of hydrogen-bond acceptors (Lipinski definition) is 3. The van der Waals surface area contributed by atoms with Crippen LogP contribution < -0.4 is 4.74 Å². The highest BCUT2D eigenvalue weighted by molar-refractivity contribution is 5.92. The molecule has 0 fully saturated rings. The van der Waals surface area contributed by atoms with Crippen LogP contribution in [0.4, 0.5) is 4.39 Å². The van der Waals surface area contributed by atoms with Gasteiger partial charge < -0.3 is 4.74 Å². The van der Waals surface area contributed by atoms with Crippen LogP contribution in [-0.4, -0.2) is 10.8 Å². The van der Waals surface area contributed by atoms with E-state index >= 15 is 0 Å². The number of hydrogen-bond donors (Lipinski definition) is 0. The maximum Gasteiger partial charge on any atom is 0.178 e. The summed E-state index contributed by atoms with van der Waals surface area (Å²) in [6, 6.07) is 18.5. The molecule has 23 heavy (non-hydrogen) atoms. The van der Waals surface area contributed by atoms with Gasteiger partial charge in [-0.2, -0.15) is 0 Å². The summed E-state index contributed by atoms with van der Waals surface area (Å²) in [4.78, 5) is 15.7. The lowest BCUT2D eigenvalue weighted by Gasteiger charge is -2.07. The monoisotopic (exact) mass is 306 g/mol. The standard InChI is InChI=1S/C19H14FNO2/c1-13(22)18-3-2-4-19(21-18)14-5-9-16(10-6-14)23-17-11-7-15(20)8-12-17/h2-12H,1H3/i20-1. The number of carbonyl (C=O) groups is 1. The van der Waals surface area contributed by atoms with Crippen LogP contribution in [-0.2, 0) is 0 Å². The number of ketones is 1. The van der Waals surface area contributed by atoms with Gasteiger partial charge in [0.1, 0.15) is 23.0 Å². The third kappa shape index (κ3) is 3.61. The van der Waals surface area contributed by atoms with Gasteiger partial charge in [0.05, 0.1) is 5.69 Å². The number of Topliss-reactive ketones (excluding diaryl/α,β-unsaturated/α-hetero) is 1. The molecule has 0 aliphatic heterocycles. The van der Waals surface area contributed by atoms with E-state index in [1.807, 2.05) is 24.3 Å². The Labute approximate surface area is 133 Å². The Bertz CT molecular complexity index is 827. The van der Waals surface area contributed by atoms with Gasteiger partial charge in [-0.25, -0.2) is 9.37 Å². The molecule has 0 bridgehead atoms. The van der Waals surface area contributed by atoms with E-state index in [2.05, 4.69) is 4.98 Å². The first-order chi connectivity index (χ1) is 11.1. The van der Waals surface area contributed by atoms with Crippen LogP contribution in [0.15, 0.2) is 66.7 Å². The third-order valence-corrected chi connectivity index (χ3v) is 3.31. The van der Waals surface area contributed by atoms with Crippen molar-refractivity contribution in [1.82, 2.24) is 4.98 Å². The Morgan fingerprint density at radius 1 is 0.913 bits per heavy atom. The molecule has 0 saturated heterocycles. The fourth-order valence-electron chi connectivity index (χ4n) is 2.12. The van der Waals surface area contributed by atoms with Crippen molar-refractivity contribution >= 4 is 5.78 Å². The van der Waals surface area contributed by atoms with Crippen LogP contribution >= 0.6 is 0 Å². The van der Waals surface area contributed by atoms with Crippen LogP contribution in [0.5, 0.6) is 11.5 Å². The lowest BCUT2D eigenvalue weighted by molar-refractivity contribution is 0.101. The van der Waals surface area contributed by atoms with Crippen LogP contribution in [0.3, 0.4) is 0 Å². The van der Waals surface area contributed by atoms with Gasteiger partial charge in [0, 0.05) is 12.5 Å². The van der Waals surface area contributed by atoms with Gasteiger partial charge in [-0.05, 0) is 60.7 Å². The summed E-state index contributed by atoms with van der Waals surface area (Å²) in [5.74, 6) is 0.839. The zero-order chi connectivity index (χ0) is 16.2. The number of pyridine rings is 1. The van der Waals surface area contributed by atoms with Crippen molar-refractivity contribution in [2.24, 2.45) is 0 Å². The van der Waals surface area contributed by atoms with E-state index in [1.54, 1.807) is 30.3 Å². The summed E-state index contributed by atoms with van der Waals surface area (Å²) in [5.41, 5.74) is 2.06. The fourth-order valence-corrected chi connectivity index (χ4v) is 2.12. The number of nitrogens with zero attached hydrogens (tertiary/aromatic N) is 1. The molecule has 0 radical (unpaired) electrons. The summed E-state index contributed by atoms with van der Waals surface area (Å²) in [5, 5.41) is 0. The van der Waals surface area contributed by atoms with E-state index in [-0.39, 0.29) is 11.6 Å². The molecule has 0 amide bonds. The van der Waals surface area contributed by atoms with Gasteiger partial charge in [-0.15, -0.1) is 0 Å². The van der Waals surface area contributed by atoms with E-state index in [4.69, 9.17) is 4.74 Å². The lowest BCUT2D eigenvalue weighted by Crippen LogP contribution is -1.97. The minimum Gasteiger partial charge on any atom is -0.457 e. The highest BCUT2D eigenvalue weighted by Gasteiger charge is 2.05. The molecule has 3 nitrogen and oxygen atoms in total. The number of rotatable bonds is 4. The largest absolute Gasteiger partial charge is 0.457 e. The SMILES string of the molecule is CC(=O)c1cccc(-c2ccc(Oc3ccc([18F])cc3)cc2)n1. The van der Waals surface area contributed by atoms with Crippen LogP contribution in [0, 0.1) is 5.82 Å². The van der Waals surface area contributed by atoms with Crippen LogP contribution in [0.1, 0.15) is 17.4 Å². The Morgan fingerprint density at radius 3 is 2.13 bits per heavy atom. The maximum absolute atomic E-state index is 12.9. The molecule has 0 aliphatic carbocycles. The molecule has 0 unspecified atom stereocenters. The molecular formula is C19H14FNO2. The Kier molecular flexibility index (Phi) is 4.15. The topological polar surface area (TPSA) is 39.2 Å². The number of carbonyl (C=O) groups excluding carboxylic acids is 1. The predicted octanol–water partition coefficient (Wildman–Crippen LogP) is 4.88. The van der Waals surface area contributed by atoms with E-state index in [9.17, 15) is 9.18 Å². The minimum absolute atomic E-state index is 0.0666. The van der Waals surface area contributed by atoms with Crippen molar-refractivity contribution in [1.29, 1.82) is 0 Å². The van der Waals surface area contributed by atoms with Crippen molar-refractivity contribution in [2.75, 3.05) is 0 Å². The molecule has 4 heteroatoms. The minimum atomic E-state index is -0.302. The smallest absolute Gasteiger partial charge is 0.178 e. The first-order valence-electron chi connectivity index (χ1n) is 7.14. The van der Waals surface area contributed by atoms with Crippen LogP contribution in [0.2, 0.25) is 0 Å². The molecule has 3 aromatic rings. The predicted molar refractivity (Wildman–Crippen MR) is 86.2 cm³/mol. The van der Waals surface area contributed by atoms with Crippen molar-refractivity contribution in [2.45, 2.75) is 6.92 Å². The lowest BCUT2D eigenvalue weighted by atomic mass is 10.1. The third-order valence-electron chi connectivity index (χ3n) is 3.31. The molecule has 114 valence electrons. The number of benzene rings is 2. The zero-order valence-electron chi connectivity index (χ0n) is 12.5. The normalized spacial score (nSPS) is 10.3. The van der Waals surface area contributed by atoms with Gasteiger partial charge in [-0.1, -0.05) is 6.07 Å². The molecule has 0 saturated carbocycles. The van der Waals surface area contributed by atoms with Crippen molar-refractivity contribution in [3.63, 3.8) is 0 Å². The molecular weight excluding hydrogens is 292 g/mol. The first-order valence-corrected chi connectivity index (χ1v) is 7.14. The molecule has 0 N–H and O–H groups in total. The van der Waals surface area contributed by atoms with Crippen molar-refractivity contribution in [3.8, 4) is 22.8 Å².